The highest BCUT2D eigenvalue weighted by Gasteiger charge is 2.23. The summed E-state index contributed by atoms with van der Waals surface area (Å²) in [7, 11) is 0. The average Bonchev–Trinajstić information content (AvgIpc) is 2.73. The molecule has 0 atom stereocenters. The summed E-state index contributed by atoms with van der Waals surface area (Å²) in [5, 5.41) is 6.48. The summed E-state index contributed by atoms with van der Waals surface area (Å²) in [6.07, 6.45) is 5.59. The molecule has 0 saturated heterocycles. The summed E-state index contributed by atoms with van der Waals surface area (Å²) < 4.78 is 14.4. The molecule has 3 rings (SSSR count). The molecule has 3 aromatic rings. The van der Waals surface area contributed by atoms with Gasteiger partial charge in [-0.2, -0.15) is 0 Å². The van der Waals surface area contributed by atoms with Crippen molar-refractivity contribution in [1.82, 2.24) is 20.3 Å². The summed E-state index contributed by atoms with van der Waals surface area (Å²) in [6.45, 7) is 8.62. The molecular formula is C23H25ClFN5O. The van der Waals surface area contributed by atoms with E-state index >= 15 is 0 Å². The maximum atomic E-state index is 14.4. The topological polar surface area (TPSA) is 79.8 Å². The normalized spacial score (nSPS) is 11.3. The molecule has 1 amide bonds. The molecule has 162 valence electrons. The van der Waals surface area contributed by atoms with Crippen LogP contribution in [0.15, 0.2) is 42.9 Å². The Kier molecular flexibility index (Phi) is 6.85. The number of hydrogen-bond donors (Lipinski definition) is 2. The van der Waals surface area contributed by atoms with Gasteiger partial charge in [-0.1, -0.05) is 39.3 Å². The molecule has 0 radical (unpaired) electrons. The SMILES string of the molecule is CCCNC(=O)c1cnccc1Nc1nc(-c2cc(Cl)ccc2F)ncc1C(C)(C)C. The van der Waals surface area contributed by atoms with Crippen LogP contribution in [0.2, 0.25) is 5.02 Å². The van der Waals surface area contributed by atoms with Crippen LogP contribution < -0.4 is 10.6 Å². The predicted octanol–water partition coefficient (Wildman–Crippen LogP) is 5.51. The number of benzene rings is 1. The first-order valence-corrected chi connectivity index (χ1v) is 10.4. The third kappa shape index (κ3) is 5.35. The van der Waals surface area contributed by atoms with Crippen LogP contribution in [0.1, 0.15) is 50.0 Å². The van der Waals surface area contributed by atoms with Crippen LogP contribution in [0.25, 0.3) is 11.4 Å². The monoisotopic (exact) mass is 441 g/mol. The van der Waals surface area contributed by atoms with Gasteiger partial charge in [0, 0.05) is 35.7 Å². The van der Waals surface area contributed by atoms with Gasteiger partial charge in [-0.3, -0.25) is 9.78 Å². The van der Waals surface area contributed by atoms with Crippen LogP contribution in [0.5, 0.6) is 0 Å². The minimum Gasteiger partial charge on any atom is -0.352 e. The second-order valence-corrected chi connectivity index (χ2v) is 8.57. The van der Waals surface area contributed by atoms with Gasteiger partial charge in [0.25, 0.3) is 5.91 Å². The number of hydrogen-bond acceptors (Lipinski definition) is 5. The fourth-order valence-electron chi connectivity index (χ4n) is 2.97. The van der Waals surface area contributed by atoms with E-state index in [9.17, 15) is 9.18 Å². The maximum Gasteiger partial charge on any atom is 0.254 e. The quantitative estimate of drug-likeness (QED) is 0.527. The molecule has 0 aliphatic heterocycles. The molecule has 2 aromatic heterocycles. The number of anilines is 2. The van der Waals surface area contributed by atoms with Gasteiger partial charge in [0.15, 0.2) is 5.82 Å². The third-order valence-corrected chi connectivity index (χ3v) is 4.86. The summed E-state index contributed by atoms with van der Waals surface area (Å²) in [4.78, 5) is 25.6. The number of halogens is 2. The van der Waals surface area contributed by atoms with Crippen molar-refractivity contribution in [2.45, 2.75) is 39.5 Å². The number of aromatic nitrogens is 3. The molecule has 1 aromatic carbocycles. The molecule has 8 heteroatoms. The number of amides is 1. The van der Waals surface area contributed by atoms with Crippen molar-refractivity contribution >= 4 is 29.0 Å². The third-order valence-electron chi connectivity index (χ3n) is 4.62. The Morgan fingerprint density at radius 3 is 2.68 bits per heavy atom. The van der Waals surface area contributed by atoms with Crippen molar-refractivity contribution in [3.63, 3.8) is 0 Å². The van der Waals surface area contributed by atoms with Crippen molar-refractivity contribution in [3.8, 4) is 11.4 Å². The van der Waals surface area contributed by atoms with E-state index in [-0.39, 0.29) is 22.7 Å². The second kappa shape index (κ2) is 9.39. The standard InChI is InChI=1S/C23H25ClFN5O/c1-5-9-27-22(31)16-12-26-10-8-19(16)29-21-17(23(2,3)4)13-28-20(30-21)15-11-14(24)6-7-18(15)25/h6-8,10-13H,5,9H2,1-4H3,(H,27,31)(H,26,28,29,30). The first-order chi connectivity index (χ1) is 14.7. The highest BCUT2D eigenvalue weighted by Crippen LogP contribution is 2.33. The molecular weight excluding hydrogens is 417 g/mol. The van der Waals surface area contributed by atoms with E-state index in [1.54, 1.807) is 18.5 Å². The Hall–Kier alpha value is -3.06. The molecule has 0 fully saturated rings. The minimum atomic E-state index is -0.470. The molecule has 6 nitrogen and oxygen atoms in total. The molecule has 31 heavy (non-hydrogen) atoms. The fourth-order valence-corrected chi connectivity index (χ4v) is 3.14. The summed E-state index contributed by atoms with van der Waals surface area (Å²) in [5.74, 6) is -0.0264. The van der Waals surface area contributed by atoms with Gasteiger partial charge < -0.3 is 10.6 Å². The van der Waals surface area contributed by atoms with Crippen LogP contribution in [-0.4, -0.2) is 27.4 Å². The summed E-state index contributed by atoms with van der Waals surface area (Å²) in [5.41, 5.74) is 1.66. The zero-order valence-electron chi connectivity index (χ0n) is 18.0. The zero-order chi connectivity index (χ0) is 22.6. The van der Waals surface area contributed by atoms with Gasteiger partial charge in [0.1, 0.15) is 11.6 Å². The predicted molar refractivity (Wildman–Crippen MR) is 121 cm³/mol. The van der Waals surface area contributed by atoms with E-state index in [2.05, 4.69) is 25.6 Å². The molecule has 0 aliphatic carbocycles. The number of carbonyl (C=O) groups is 1. The maximum absolute atomic E-state index is 14.4. The van der Waals surface area contributed by atoms with Crippen LogP contribution in [0, 0.1) is 5.82 Å². The van der Waals surface area contributed by atoms with E-state index in [0.29, 0.717) is 28.6 Å². The van der Waals surface area contributed by atoms with Gasteiger partial charge in [0.2, 0.25) is 0 Å². The first kappa shape index (κ1) is 22.6. The van der Waals surface area contributed by atoms with Gasteiger partial charge >= 0.3 is 0 Å². The number of nitrogens with zero attached hydrogens (tertiary/aromatic N) is 3. The van der Waals surface area contributed by atoms with E-state index in [0.717, 1.165) is 12.0 Å². The Labute approximate surface area is 186 Å². The van der Waals surface area contributed by atoms with Gasteiger partial charge in [-0.25, -0.2) is 14.4 Å². The highest BCUT2D eigenvalue weighted by atomic mass is 35.5. The van der Waals surface area contributed by atoms with Crippen molar-refractivity contribution in [2.75, 3.05) is 11.9 Å². The number of nitrogens with one attached hydrogen (secondary N) is 2. The summed E-state index contributed by atoms with van der Waals surface area (Å²) >= 11 is 6.05. The number of pyridine rings is 1. The van der Waals surface area contributed by atoms with Crippen LogP contribution in [0.4, 0.5) is 15.9 Å². The lowest BCUT2D eigenvalue weighted by Gasteiger charge is -2.23. The Bertz CT molecular complexity index is 1100. The molecule has 2 heterocycles. The molecule has 2 N–H and O–H groups in total. The average molecular weight is 442 g/mol. The van der Waals surface area contributed by atoms with Gasteiger partial charge in [-0.05, 0) is 36.1 Å². The molecule has 0 bridgehead atoms. The number of rotatable bonds is 6. The van der Waals surface area contributed by atoms with E-state index in [4.69, 9.17) is 11.6 Å². The first-order valence-electron chi connectivity index (χ1n) is 10.0. The highest BCUT2D eigenvalue weighted by molar-refractivity contribution is 6.30. The molecule has 0 unspecified atom stereocenters. The largest absolute Gasteiger partial charge is 0.352 e. The van der Waals surface area contributed by atoms with Crippen molar-refractivity contribution in [2.24, 2.45) is 0 Å². The molecule has 0 spiro atoms. The van der Waals surface area contributed by atoms with Gasteiger partial charge in [-0.15, -0.1) is 0 Å². The van der Waals surface area contributed by atoms with Crippen molar-refractivity contribution in [1.29, 1.82) is 0 Å². The Morgan fingerprint density at radius 2 is 1.97 bits per heavy atom. The zero-order valence-corrected chi connectivity index (χ0v) is 18.7. The summed E-state index contributed by atoms with van der Waals surface area (Å²) in [6, 6.07) is 5.95. The van der Waals surface area contributed by atoms with Crippen molar-refractivity contribution < 1.29 is 9.18 Å². The minimum absolute atomic E-state index is 0.196. The lowest BCUT2D eigenvalue weighted by molar-refractivity contribution is 0.0954. The van der Waals surface area contributed by atoms with E-state index < -0.39 is 5.82 Å². The van der Waals surface area contributed by atoms with Crippen LogP contribution in [-0.2, 0) is 5.41 Å². The lowest BCUT2D eigenvalue weighted by atomic mass is 9.88. The lowest BCUT2D eigenvalue weighted by Crippen LogP contribution is -2.25. The number of carbonyl (C=O) groups excluding carboxylic acids is 1. The fraction of sp³-hybridized carbons (Fsp3) is 0.304. The Morgan fingerprint density at radius 1 is 1.19 bits per heavy atom. The van der Waals surface area contributed by atoms with E-state index in [1.807, 2.05) is 27.7 Å². The molecule has 0 saturated carbocycles. The van der Waals surface area contributed by atoms with Crippen LogP contribution in [0.3, 0.4) is 0 Å². The van der Waals surface area contributed by atoms with E-state index in [1.165, 1.54) is 24.4 Å². The Balaban J connectivity index is 2.08. The van der Waals surface area contributed by atoms with Gasteiger partial charge in [0.05, 0.1) is 16.8 Å². The van der Waals surface area contributed by atoms with Crippen LogP contribution >= 0.6 is 11.6 Å². The molecule has 0 aliphatic rings. The second-order valence-electron chi connectivity index (χ2n) is 8.13. The smallest absolute Gasteiger partial charge is 0.254 e. The van der Waals surface area contributed by atoms with Crippen molar-refractivity contribution in [3.05, 3.63) is 64.8 Å².